The van der Waals surface area contributed by atoms with E-state index in [1.54, 1.807) is 0 Å². The monoisotopic (exact) mass is 288 g/mol. The second-order valence-corrected chi connectivity index (χ2v) is 8.07. The van der Waals surface area contributed by atoms with Gasteiger partial charge in [-0.15, -0.1) is 11.8 Å². The zero-order valence-corrected chi connectivity index (χ0v) is 13.7. The Hall–Kier alpha value is -0.980. The van der Waals surface area contributed by atoms with Gasteiger partial charge in [-0.25, -0.2) is 0 Å². The maximum atomic E-state index is 9.30. The minimum Gasteiger partial charge on any atom is -0.302 e. The highest BCUT2D eigenvalue weighted by Crippen LogP contribution is 2.40. The summed E-state index contributed by atoms with van der Waals surface area (Å²) in [5.74, 6) is 0. The van der Waals surface area contributed by atoms with E-state index < -0.39 is 0 Å². The van der Waals surface area contributed by atoms with Crippen LogP contribution >= 0.6 is 11.8 Å². The van der Waals surface area contributed by atoms with Crippen LogP contribution in [0.15, 0.2) is 29.2 Å². The summed E-state index contributed by atoms with van der Waals surface area (Å²) in [5.41, 5.74) is 1.27. The van der Waals surface area contributed by atoms with Gasteiger partial charge in [-0.1, -0.05) is 32.9 Å². The van der Waals surface area contributed by atoms with Gasteiger partial charge in [-0.2, -0.15) is 5.26 Å². The Morgan fingerprint density at radius 3 is 2.40 bits per heavy atom. The van der Waals surface area contributed by atoms with Crippen molar-refractivity contribution in [1.29, 1.82) is 5.26 Å². The molecule has 0 amide bonds. The summed E-state index contributed by atoms with van der Waals surface area (Å²) in [7, 11) is 1.90. The molecule has 20 heavy (non-hydrogen) atoms. The third-order valence-corrected chi connectivity index (χ3v) is 5.46. The van der Waals surface area contributed by atoms with Crippen molar-refractivity contribution >= 4 is 11.8 Å². The fourth-order valence-corrected chi connectivity index (χ4v) is 3.99. The molecule has 1 aliphatic carbocycles. The number of nitriles is 1. The minimum absolute atomic E-state index is 0.207. The number of rotatable bonds is 3. The van der Waals surface area contributed by atoms with E-state index in [0.717, 1.165) is 19.3 Å². The molecule has 1 aliphatic rings. The predicted octanol–water partition coefficient (Wildman–Crippen LogP) is 4.11. The van der Waals surface area contributed by atoms with Gasteiger partial charge < -0.3 is 5.32 Å². The van der Waals surface area contributed by atoms with Crippen molar-refractivity contribution in [3.05, 3.63) is 29.8 Å². The van der Waals surface area contributed by atoms with E-state index in [1.807, 2.05) is 18.8 Å². The summed E-state index contributed by atoms with van der Waals surface area (Å²) in [6.07, 6.45) is 3.00. The molecular formula is C17H24N2S. The number of nitrogens with one attached hydrogen (secondary N) is 1. The van der Waals surface area contributed by atoms with E-state index in [2.05, 4.69) is 56.4 Å². The second kappa shape index (κ2) is 5.79. The van der Waals surface area contributed by atoms with Crippen molar-refractivity contribution < 1.29 is 0 Å². The molecule has 0 saturated heterocycles. The Kier molecular flexibility index (Phi) is 4.46. The SMILES string of the molecule is CNC1(C#N)CCC(Sc2ccc(C(C)(C)C)cc2)C1. The summed E-state index contributed by atoms with van der Waals surface area (Å²) in [6, 6.07) is 11.3. The molecule has 0 aromatic heterocycles. The van der Waals surface area contributed by atoms with Crippen LogP contribution in [-0.2, 0) is 5.41 Å². The van der Waals surface area contributed by atoms with Crippen LogP contribution in [0, 0.1) is 11.3 Å². The lowest BCUT2D eigenvalue weighted by molar-refractivity contribution is 0.464. The van der Waals surface area contributed by atoms with Gasteiger partial charge in [0.15, 0.2) is 0 Å². The first-order valence-corrected chi connectivity index (χ1v) is 8.14. The highest BCUT2D eigenvalue weighted by Gasteiger charge is 2.38. The average Bonchev–Trinajstić information content (AvgIpc) is 2.82. The number of thioether (sulfide) groups is 1. The lowest BCUT2D eigenvalue weighted by atomic mass is 9.87. The summed E-state index contributed by atoms with van der Waals surface area (Å²) in [6.45, 7) is 6.71. The third kappa shape index (κ3) is 3.37. The molecule has 0 spiro atoms. The maximum Gasteiger partial charge on any atom is 0.107 e. The predicted molar refractivity (Wildman–Crippen MR) is 86.0 cm³/mol. The third-order valence-electron chi connectivity index (χ3n) is 4.18. The molecule has 0 radical (unpaired) electrons. The molecule has 2 atom stereocenters. The lowest BCUT2D eigenvalue weighted by Gasteiger charge is -2.20. The smallest absolute Gasteiger partial charge is 0.107 e. The Labute approximate surface area is 127 Å². The van der Waals surface area contributed by atoms with Crippen molar-refractivity contribution in [1.82, 2.24) is 5.32 Å². The van der Waals surface area contributed by atoms with E-state index >= 15 is 0 Å². The highest BCUT2D eigenvalue weighted by atomic mass is 32.2. The van der Waals surface area contributed by atoms with E-state index in [0.29, 0.717) is 5.25 Å². The van der Waals surface area contributed by atoms with Crippen molar-refractivity contribution in [2.75, 3.05) is 7.05 Å². The highest BCUT2D eigenvalue weighted by molar-refractivity contribution is 8.00. The molecule has 1 aromatic carbocycles. The molecule has 3 heteroatoms. The Morgan fingerprint density at radius 1 is 1.30 bits per heavy atom. The van der Waals surface area contributed by atoms with Crippen LogP contribution in [0.3, 0.4) is 0 Å². The Balaban J connectivity index is 2.00. The molecule has 108 valence electrons. The topological polar surface area (TPSA) is 35.8 Å². The van der Waals surface area contributed by atoms with E-state index in [9.17, 15) is 5.26 Å². The van der Waals surface area contributed by atoms with Crippen LogP contribution in [-0.4, -0.2) is 17.8 Å². The van der Waals surface area contributed by atoms with Crippen LogP contribution < -0.4 is 5.32 Å². The van der Waals surface area contributed by atoms with Crippen LogP contribution in [0.1, 0.15) is 45.6 Å². The zero-order valence-electron chi connectivity index (χ0n) is 12.9. The van der Waals surface area contributed by atoms with Crippen LogP contribution in [0.25, 0.3) is 0 Å². The zero-order chi connectivity index (χ0) is 14.8. The molecular weight excluding hydrogens is 264 g/mol. The van der Waals surface area contributed by atoms with Gasteiger partial charge >= 0.3 is 0 Å². The van der Waals surface area contributed by atoms with Gasteiger partial charge in [-0.05, 0) is 49.4 Å². The van der Waals surface area contributed by atoms with Crippen LogP contribution in [0.4, 0.5) is 0 Å². The van der Waals surface area contributed by atoms with Crippen molar-refractivity contribution in [3.63, 3.8) is 0 Å². The van der Waals surface area contributed by atoms with Gasteiger partial charge in [-0.3, -0.25) is 0 Å². The normalized spacial score (nSPS) is 26.4. The summed E-state index contributed by atoms with van der Waals surface area (Å²) in [4.78, 5) is 1.31. The molecule has 1 fully saturated rings. The molecule has 1 saturated carbocycles. The molecule has 0 heterocycles. The molecule has 2 nitrogen and oxygen atoms in total. The largest absolute Gasteiger partial charge is 0.302 e. The van der Waals surface area contributed by atoms with E-state index in [1.165, 1.54) is 10.5 Å². The molecule has 1 aromatic rings. The first kappa shape index (κ1) is 15.4. The molecule has 0 bridgehead atoms. The van der Waals surface area contributed by atoms with Gasteiger partial charge in [0, 0.05) is 10.1 Å². The van der Waals surface area contributed by atoms with Crippen LogP contribution in [0.5, 0.6) is 0 Å². The Morgan fingerprint density at radius 2 is 1.95 bits per heavy atom. The molecule has 2 rings (SSSR count). The van der Waals surface area contributed by atoms with E-state index in [-0.39, 0.29) is 11.0 Å². The number of hydrogen-bond acceptors (Lipinski definition) is 3. The quantitative estimate of drug-likeness (QED) is 0.909. The lowest BCUT2D eigenvalue weighted by Crippen LogP contribution is -2.38. The van der Waals surface area contributed by atoms with Gasteiger partial charge in [0.25, 0.3) is 0 Å². The standard InChI is InChI=1S/C17H24N2S/c1-16(2,3)13-5-7-14(8-6-13)20-15-9-10-17(11-15,12-18)19-4/h5-8,15,19H,9-11H2,1-4H3. The van der Waals surface area contributed by atoms with Crippen molar-refractivity contribution in [2.45, 2.75) is 61.1 Å². The second-order valence-electron chi connectivity index (χ2n) is 6.70. The summed E-state index contributed by atoms with van der Waals surface area (Å²) in [5, 5.41) is 13.0. The molecule has 1 N–H and O–H groups in total. The molecule has 0 aliphatic heterocycles. The first-order chi connectivity index (χ1) is 9.38. The van der Waals surface area contributed by atoms with Gasteiger partial charge in [0.2, 0.25) is 0 Å². The van der Waals surface area contributed by atoms with Crippen molar-refractivity contribution in [2.24, 2.45) is 0 Å². The average molecular weight is 288 g/mol. The summed E-state index contributed by atoms with van der Waals surface area (Å²) < 4.78 is 0. The number of benzene rings is 1. The Bertz CT molecular complexity index is 495. The first-order valence-electron chi connectivity index (χ1n) is 7.26. The van der Waals surface area contributed by atoms with E-state index in [4.69, 9.17) is 0 Å². The summed E-state index contributed by atoms with van der Waals surface area (Å²) >= 11 is 1.91. The van der Waals surface area contributed by atoms with Crippen molar-refractivity contribution in [3.8, 4) is 6.07 Å². The number of nitrogens with zero attached hydrogens (tertiary/aromatic N) is 1. The fourth-order valence-electron chi connectivity index (χ4n) is 2.71. The minimum atomic E-state index is -0.303. The van der Waals surface area contributed by atoms with Gasteiger partial charge in [0.1, 0.15) is 5.54 Å². The maximum absolute atomic E-state index is 9.30. The fraction of sp³-hybridized carbons (Fsp3) is 0.588. The van der Waals surface area contributed by atoms with Gasteiger partial charge in [0.05, 0.1) is 6.07 Å². The number of hydrogen-bond donors (Lipinski definition) is 1. The molecule has 2 unspecified atom stereocenters. The van der Waals surface area contributed by atoms with Crippen LogP contribution in [0.2, 0.25) is 0 Å².